The van der Waals surface area contributed by atoms with Crippen LogP contribution in [0.15, 0.2) is 60.0 Å². The molecule has 0 aliphatic heterocycles. The molecular formula is C30H37ClN4O. The van der Waals surface area contributed by atoms with Crippen molar-refractivity contribution in [2.24, 2.45) is 35.0 Å². The predicted octanol–water partition coefficient (Wildman–Crippen LogP) is 7.37. The zero-order chi connectivity index (χ0) is 25.6. The van der Waals surface area contributed by atoms with Crippen molar-refractivity contribution < 1.29 is 4.79 Å². The number of amides is 1. The van der Waals surface area contributed by atoms with Gasteiger partial charge in [0.2, 0.25) is 5.91 Å². The Morgan fingerprint density at radius 3 is 2.64 bits per heavy atom. The Morgan fingerprint density at radius 2 is 1.94 bits per heavy atom. The van der Waals surface area contributed by atoms with Crippen molar-refractivity contribution in [3.05, 3.63) is 65.0 Å². The maximum Gasteiger partial charge on any atom is 0.238 e. The van der Waals surface area contributed by atoms with Crippen LogP contribution in [0.4, 0.5) is 17.3 Å². The second-order valence-electron chi connectivity index (χ2n) is 11.5. The Kier molecular flexibility index (Phi) is 6.71. The van der Waals surface area contributed by atoms with E-state index in [0.717, 1.165) is 31.4 Å². The first kappa shape index (κ1) is 25.0. The van der Waals surface area contributed by atoms with Crippen LogP contribution in [-0.2, 0) is 4.79 Å². The SMILES string of the molecule is CC(C)C1=CC2=CC[C@@H]3[C@H]([C@@H](C)CC[C@@]3(C)C(=O)N(c3ccc(Cl)cc3)c3cc(N)ncn3)[C@H]2CC1. The van der Waals surface area contributed by atoms with Crippen LogP contribution in [0.5, 0.6) is 0 Å². The van der Waals surface area contributed by atoms with Gasteiger partial charge in [-0.3, -0.25) is 9.69 Å². The number of carbonyl (C=O) groups is 1. The number of nitrogens with zero attached hydrogens (tertiary/aromatic N) is 3. The number of rotatable bonds is 4. The zero-order valence-electron chi connectivity index (χ0n) is 21.7. The van der Waals surface area contributed by atoms with E-state index in [1.165, 1.54) is 18.3 Å². The van der Waals surface area contributed by atoms with E-state index in [4.69, 9.17) is 17.3 Å². The van der Waals surface area contributed by atoms with E-state index in [0.29, 0.717) is 40.3 Å². The Morgan fingerprint density at radius 1 is 1.19 bits per heavy atom. The molecule has 2 aromatic rings. The highest BCUT2D eigenvalue weighted by atomic mass is 35.5. The number of hydrogen-bond donors (Lipinski definition) is 1. The van der Waals surface area contributed by atoms with Crippen LogP contribution in [0, 0.1) is 35.0 Å². The minimum absolute atomic E-state index is 0.0795. The van der Waals surface area contributed by atoms with Crippen LogP contribution >= 0.6 is 11.6 Å². The molecule has 3 aliphatic carbocycles. The van der Waals surface area contributed by atoms with E-state index in [1.807, 2.05) is 24.3 Å². The molecule has 0 bridgehead atoms. The molecule has 3 aliphatic rings. The minimum Gasteiger partial charge on any atom is -0.384 e. The molecule has 5 nitrogen and oxygen atoms in total. The van der Waals surface area contributed by atoms with Gasteiger partial charge < -0.3 is 5.73 Å². The summed E-state index contributed by atoms with van der Waals surface area (Å²) in [6, 6.07) is 9.06. The summed E-state index contributed by atoms with van der Waals surface area (Å²) in [6.07, 6.45) is 11.5. The number of nitrogen functional groups attached to an aromatic ring is 1. The van der Waals surface area contributed by atoms with Gasteiger partial charge in [-0.2, -0.15) is 0 Å². The number of nitrogens with two attached hydrogens (primary N) is 1. The molecule has 1 saturated carbocycles. The van der Waals surface area contributed by atoms with Crippen LogP contribution in [-0.4, -0.2) is 15.9 Å². The topological polar surface area (TPSA) is 72.1 Å². The quantitative estimate of drug-likeness (QED) is 0.471. The Hall–Kier alpha value is -2.66. The number of carbonyl (C=O) groups excluding carboxylic acids is 1. The summed E-state index contributed by atoms with van der Waals surface area (Å²) < 4.78 is 0. The summed E-state index contributed by atoms with van der Waals surface area (Å²) in [7, 11) is 0. The maximum absolute atomic E-state index is 14.6. The lowest BCUT2D eigenvalue weighted by Crippen LogP contribution is -2.53. The number of hydrogen-bond acceptors (Lipinski definition) is 4. The normalized spacial score (nSPS) is 29.6. The third-order valence-electron chi connectivity index (χ3n) is 9.08. The van der Waals surface area contributed by atoms with Gasteiger partial charge in [-0.25, -0.2) is 9.97 Å². The van der Waals surface area contributed by atoms with Gasteiger partial charge in [-0.15, -0.1) is 0 Å². The molecule has 1 aromatic heterocycles. The lowest BCUT2D eigenvalue weighted by molar-refractivity contribution is -0.136. The average molecular weight is 505 g/mol. The second-order valence-corrected chi connectivity index (χ2v) is 11.9. The van der Waals surface area contributed by atoms with Crippen molar-refractivity contribution in [3.8, 4) is 0 Å². The molecule has 5 atom stereocenters. The van der Waals surface area contributed by atoms with Gasteiger partial charge in [-0.1, -0.05) is 57.0 Å². The van der Waals surface area contributed by atoms with E-state index < -0.39 is 5.41 Å². The fraction of sp³-hybridized carbons (Fsp3) is 0.500. The molecule has 1 heterocycles. The molecule has 0 unspecified atom stereocenters. The van der Waals surface area contributed by atoms with E-state index in [-0.39, 0.29) is 11.8 Å². The number of benzene rings is 1. The highest BCUT2D eigenvalue weighted by Gasteiger charge is 2.54. The number of anilines is 3. The fourth-order valence-electron chi connectivity index (χ4n) is 6.99. The van der Waals surface area contributed by atoms with E-state index in [2.05, 4.69) is 49.8 Å². The minimum atomic E-state index is -0.513. The summed E-state index contributed by atoms with van der Waals surface area (Å²) in [4.78, 5) is 24.9. The Balaban J connectivity index is 1.55. The first-order valence-electron chi connectivity index (χ1n) is 13.3. The van der Waals surface area contributed by atoms with Gasteiger partial charge >= 0.3 is 0 Å². The summed E-state index contributed by atoms with van der Waals surface area (Å²) in [5, 5.41) is 0.627. The second kappa shape index (κ2) is 9.66. The number of allylic oxidation sites excluding steroid dienone is 4. The van der Waals surface area contributed by atoms with Gasteiger partial charge in [0.05, 0.1) is 11.1 Å². The van der Waals surface area contributed by atoms with Crippen molar-refractivity contribution in [1.82, 2.24) is 9.97 Å². The van der Waals surface area contributed by atoms with Crippen LogP contribution < -0.4 is 10.6 Å². The molecule has 1 amide bonds. The van der Waals surface area contributed by atoms with Gasteiger partial charge in [0.1, 0.15) is 18.0 Å². The monoisotopic (exact) mass is 504 g/mol. The first-order chi connectivity index (χ1) is 17.2. The lowest BCUT2D eigenvalue weighted by Gasteiger charge is -2.54. The van der Waals surface area contributed by atoms with E-state index in [9.17, 15) is 4.79 Å². The van der Waals surface area contributed by atoms with Crippen LogP contribution in [0.2, 0.25) is 5.02 Å². The van der Waals surface area contributed by atoms with E-state index >= 15 is 0 Å². The molecule has 190 valence electrons. The molecule has 6 heteroatoms. The third-order valence-corrected chi connectivity index (χ3v) is 9.33. The zero-order valence-corrected chi connectivity index (χ0v) is 22.5. The van der Waals surface area contributed by atoms with Crippen LogP contribution in [0.25, 0.3) is 0 Å². The maximum atomic E-state index is 14.6. The fourth-order valence-corrected chi connectivity index (χ4v) is 7.12. The van der Waals surface area contributed by atoms with Gasteiger partial charge in [-0.05, 0) is 91.5 Å². The molecule has 5 rings (SSSR count). The van der Waals surface area contributed by atoms with Gasteiger partial charge in [0.25, 0.3) is 0 Å². The summed E-state index contributed by atoms with van der Waals surface area (Å²) in [5.74, 6) is 3.42. The first-order valence-corrected chi connectivity index (χ1v) is 13.6. The highest BCUT2D eigenvalue weighted by Crippen LogP contribution is 2.58. The summed E-state index contributed by atoms with van der Waals surface area (Å²) in [6.45, 7) is 9.17. The standard InChI is InChI=1S/C30H37ClN4O/c1-18(2)20-5-11-24-21(15-20)6-12-25-28(24)19(3)13-14-30(25,4)29(36)35(23-9-7-22(31)8-10-23)27-16-26(32)33-17-34-27/h6-10,15-19,24-25,28H,5,11-14H2,1-4H3,(H2,32,33,34)/t19-,24-,25+,28+,30+/m0/s1. The molecule has 1 fully saturated rings. The van der Waals surface area contributed by atoms with Crippen molar-refractivity contribution in [3.63, 3.8) is 0 Å². The average Bonchev–Trinajstić information content (AvgIpc) is 2.87. The summed E-state index contributed by atoms with van der Waals surface area (Å²) in [5.41, 5.74) is 9.32. The predicted molar refractivity (Wildman–Crippen MR) is 147 cm³/mol. The largest absolute Gasteiger partial charge is 0.384 e. The van der Waals surface area contributed by atoms with Crippen LogP contribution in [0.3, 0.4) is 0 Å². The number of halogens is 1. The summed E-state index contributed by atoms with van der Waals surface area (Å²) >= 11 is 6.18. The molecule has 0 spiro atoms. The molecule has 2 N–H and O–H groups in total. The highest BCUT2D eigenvalue weighted by molar-refractivity contribution is 6.30. The Labute approximate surface area is 219 Å². The molecular weight excluding hydrogens is 468 g/mol. The third kappa shape index (κ3) is 4.36. The Bertz CT molecular complexity index is 1200. The van der Waals surface area contributed by atoms with Crippen molar-refractivity contribution >= 4 is 34.8 Å². The van der Waals surface area contributed by atoms with Crippen molar-refractivity contribution in [2.75, 3.05) is 10.6 Å². The van der Waals surface area contributed by atoms with Gasteiger partial charge in [0.15, 0.2) is 0 Å². The molecule has 0 radical (unpaired) electrons. The van der Waals surface area contributed by atoms with E-state index in [1.54, 1.807) is 16.5 Å². The van der Waals surface area contributed by atoms with Crippen LogP contribution in [0.1, 0.15) is 59.8 Å². The van der Waals surface area contributed by atoms with Gasteiger partial charge in [0, 0.05) is 11.1 Å². The molecule has 1 aromatic carbocycles. The smallest absolute Gasteiger partial charge is 0.238 e. The number of aromatic nitrogens is 2. The molecule has 36 heavy (non-hydrogen) atoms. The van der Waals surface area contributed by atoms with Crippen molar-refractivity contribution in [1.29, 1.82) is 0 Å². The number of fused-ring (bicyclic) bond motifs is 3. The lowest BCUT2D eigenvalue weighted by atomic mass is 9.51. The molecule has 0 saturated heterocycles. The van der Waals surface area contributed by atoms with Crippen molar-refractivity contribution in [2.45, 2.75) is 59.8 Å².